The Labute approximate surface area is 85.2 Å². The normalized spacial score (nSPS) is 10.2. The van der Waals surface area contributed by atoms with E-state index in [1.165, 1.54) is 6.33 Å². The highest BCUT2D eigenvalue weighted by atomic mass is 16.1. The Morgan fingerprint density at radius 2 is 2.27 bits per heavy atom. The van der Waals surface area contributed by atoms with Crippen molar-refractivity contribution >= 4 is 23.0 Å². The SMILES string of the molecule is Cc1ccc2c(=O)[nH]cnc2c1NC=O. The average Bonchev–Trinajstić information content (AvgIpc) is 2.23. The number of aryl methyl sites for hydroxylation is 1. The van der Waals surface area contributed by atoms with Crippen molar-refractivity contribution in [2.75, 3.05) is 5.32 Å². The Morgan fingerprint density at radius 3 is 3.00 bits per heavy atom. The lowest BCUT2D eigenvalue weighted by atomic mass is 10.1. The van der Waals surface area contributed by atoms with Gasteiger partial charge in [-0.15, -0.1) is 0 Å². The van der Waals surface area contributed by atoms with E-state index in [0.717, 1.165) is 5.56 Å². The van der Waals surface area contributed by atoms with Gasteiger partial charge in [0.2, 0.25) is 6.41 Å². The summed E-state index contributed by atoms with van der Waals surface area (Å²) in [6.07, 6.45) is 1.89. The zero-order valence-electron chi connectivity index (χ0n) is 8.07. The molecule has 76 valence electrons. The third-order valence-electron chi connectivity index (χ3n) is 2.22. The number of nitrogens with one attached hydrogen (secondary N) is 2. The molecule has 1 heterocycles. The van der Waals surface area contributed by atoms with Gasteiger partial charge in [-0.3, -0.25) is 9.59 Å². The number of nitrogens with zero attached hydrogens (tertiary/aromatic N) is 1. The van der Waals surface area contributed by atoms with Crippen LogP contribution in [0.1, 0.15) is 5.56 Å². The minimum absolute atomic E-state index is 0.214. The summed E-state index contributed by atoms with van der Waals surface area (Å²) in [7, 11) is 0. The maximum Gasteiger partial charge on any atom is 0.258 e. The molecule has 0 aliphatic carbocycles. The van der Waals surface area contributed by atoms with Crippen LogP contribution >= 0.6 is 0 Å². The molecule has 2 aromatic rings. The molecule has 1 aromatic heterocycles. The van der Waals surface area contributed by atoms with Crippen LogP contribution in [0.15, 0.2) is 23.3 Å². The number of fused-ring (bicyclic) bond motifs is 1. The van der Waals surface area contributed by atoms with Gasteiger partial charge in [-0.1, -0.05) is 6.07 Å². The number of H-pyrrole nitrogens is 1. The van der Waals surface area contributed by atoms with Gasteiger partial charge in [0.05, 0.1) is 17.4 Å². The zero-order chi connectivity index (χ0) is 10.8. The molecule has 5 heteroatoms. The monoisotopic (exact) mass is 203 g/mol. The van der Waals surface area contributed by atoms with E-state index in [1.54, 1.807) is 12.1 Å². The number of hydrogen-bond acceptors (Lipinski definition) is 3. The van der Waals surface area contributed by atoms with Gasteiger partial charge in [0.1, 0.15) is 5.52 Å². The highest BCUT2D eigenvalue weighted by Crippen LogP contribution is 2.22. The number of aromatic amines is 1. The fourth-order valence-corrected chi connectivity index (χ4v) is 1.48. The number of aromatic nitrogens is 2. The smallest absolute Gasteiger partial charge is 0.258 e. The molecular formula is C10H9N3O2. The Kier molecular flexibility index (Phi) is 2.21. The molecule has 0 aliphatic rings. The van der Waals surface area contributed by atoms with Crippen LogP contribution in [0, 0.1) is 6.92 Å². The number of hydrogen-bond donors (Lipinski definition) is 2. The van der Waals surface area contributed by atoms with Crippen molar-refractivity contribution in [1.82, 2.24) is 9.97 Å². The van der Waals surface area contributed by atoms with Crippen molar-refractivity contribution in [1.29, 1.82) is 0 Å². The maximum absolute atomic E-state index is 11.4. The third kappa shape index (κ3) is 1.48. The molecule has 0 unspecified atom stereocenters. The van der Waals surface area contributed by atoms with E-state index in [0.29, 0.717) is 23.0 Å². The summed E-state index contributed by atoms with van der Waals surface area (Å²) >= 11 is 0. The molecular weight excluding hydrogens is 194 g/mol. The summed E-state index contributed by atoms with van der Waals surface area (Å²) in [6, 6.07) is 3.46. The molecule has 0 fully saturated rings. The first-order chi connectivity index (χ1) is 7.24. The first kappa shape index (κ1) is 9.39. The molecule has 0 saturated heterocycles. The number of benzene rings is 1. The number of carbonyl (C=O) groups excluding carboxylic acids is 1. The Hall–Kier alpha value is -2.17. The quantitative estimate of drug-likeness (QED) is 0.709. The van der Waals surface area contributed by atoms with Gasteiger partial charge in [0, 0.05) is 0 Å². The van der Waals surface area contributed by atoms with E-state index in [1.807, 2.05) is 6.92 Å². The van der Waals surface area contributed by atoms with Crippen molar-refractivity contribution in [3.63, 3.8) is 0 Å². The molecule has 0 bridgehead atoms. The number of carbonyl (C=O) groups is 1. The Morgan fingerprint density at radius 1 is 1.47 bits per heavy atom. The molecule has 0 aliphatic heterocycles. The minimum atomic E-state index is -0.214. The van der Waals surface area contributed by atoms with Gasteiger partial charge in [-0.25, -0.2) is 4.98 Å². The van der Waals surface area contributed by atoms with Crippen LogP contribution in [0.3, 0.4) is 0 Å². The van der Waals surface area contributed by atoms with E-state index in [-0.39, 0.29) is 5.56 Å². The second-order valence-electron chi connectivity index (χ2n) is 3.15. The molecule has 0 spiro atoms. The number of anilines is 1. The van der Waals surface area contributed by atoms with E-state index < -0.39 is 0 Å². The lowest BCUT2D eigenvalue weighted by molar-refractivity contribution is -0.105. The average molecular weight is 203 g/mol. The topological polar surface area (TPSA) is 74.8 Å². The van der Waals surface area contributed by atoms with Crippen LogP contribution < -0.4 is 10.9 Å². The summed E-state index contributed by atoms with van der Waals surface area (Å²) < 4.78 is 0. The van der Waals surface area contributed by atoms with E-state index in [9.17, 15) is 9.59 Å². The van der Waals surface area contributed by atoms with Crippen LogP contribution in [0.25, 0.3) is 10.9 Å². The molecule has 0 radical (unpaired) electrons. The highest BCUT2D eigenvalue weighted by molar-refractivity contribution is 5.95. The predicted molar refractivity (Wildman–Crippen MR) is 56.8 cm³/mol. The second-order valence-corrected chi connectivity index (χ2v) is 3.15. The minimum Gasteiger partial charge on any atom is -0.327 e. The van der Waals surface area contributed by atoms with Gasteiger partial charge < -0.3 is 10.3 Å². The van der Waals surface area contributed by atoms with Crippen LogP contribution in [0.2, 0.25) is 0 Å². The van der Waals surface area contributed by atoms with E-state index >= 15 is 0 Å². The lowest BCUT2D eigenvalue weighted by Crippen LogP contribution is -2.08. The second kappa shape index (κ2) is 3.53. The van der Waals surface area contributed by atoms with Crippen LogP contribution in [-0.2, 0) is 4.79 Å². The zero-order valence-corrected chi connectivity index (χ0v) is 8.07. The van der Waals surface area contributed by atoms with Gasteiger partial charge >= 0.3 is 0 Å². The fourth-order valence-electron chi connectivity index (χ4n) is 1.48. The summed E-state index contributed by atoms with van der Waals surface area (Å²) in [4.78, 5) is 28.4. The molecule has 15 heavy (non-hydrogen) atoms. The molecule has 2 N–H and O–H groups in total. The predicted octanol–water partition coefficient (Wildman–Crippen LogP) is 0.800. The van der Waals surface area contributed by atoms with Gasteiger partial charge in [0.25, 0.3) is 5.56 Å². The lowest BCUT2D eigenvalue weighted by Gasteiger charge is -2.06. The van der Waals surface area contributed by atoms with Crippen LogP contribution in [0.5, 0.6) is 0 Å². The van der Waals surface area contributed by atoms with Crippen LogP contribution in [0.4, 0.5) is 5.69 Å². The summed E-state index contributed by atoms with van der Waals surface area (Å²) in [5.74, 6) is 0. The third-order valence-corrected chi connectivity index (χ3v) is 2.22. The van der Waals surface area contributed by atoms with E-state index in [4.69, 9.17) is 0 Å². The number of rotatable bonds is 2. The maximum atomic E-state index is 11.4. The number of amides is 1. The summed E-state index contributed by atoms with van der Waals surface area (Å²) in [5, 5.41) is 3.02. The van der Waals surface area contributed by atoms with Gasteiger partial charge in [-0.05, 0) is 18.6 Å². The van der Waals surface area contributed by atoms with Crippen molar-refractivity contribution in [3.05, 3.63) is 34.4 Å². The van der Waals surface area contributed by atoms with Crippen molar-refractivity contribution in [3.8, 4) is 0 Å². The van der Waals surface area contributed by atoms with Crippen molar-refractivity contribution in [2.45, 2.75) is 6.92 Å². The first-order valence-electron chi connectivity index (χ1n) is 4.41. The fraction of sp³-hybridized carbons (Fsp3) is 0.100. The van der Waals surface area contributed by atoms with Crippen molar-refractivity contribution in [2.24, 2.45) is 0 Å². The molecule has 1 amide bonds. The van der Waals surface area contributed by atoms with E-state index in [2.05, 4.69) is 15.3 Å². The molecule has 0 saturated carbocycles. The van der Waals surface area contributed by atoms with Gasteiger partial charge in [0.15, 0.2) is 0 Å². The standard InChI is InChI=1S/C10H9N3O2/c1-6-2-3-7-9(8(6)13-5-14)11-4-12-10(7)15/h2-5H,1H3,(H,13,14)(H,11,12,15). The summed E-state index contributed by atoms with van der Waals surface area (Å²) in [6.45, 7) is 1.84. The first-order valence-corrected chi connectivity index (χ1v) is 4.41. The van der Waals surface area contributed by atoms with Crippen LogP contribution in [-0.4, -0.2) is 16.4 Å². The molecule has 2 rings (SSSR count). The summed E-state index contributed by atoms with van der Waals surface area (Å²) in [5.41, 5.74) is 1.74. The van der Waals surface area contributed by atoms with Gasteiger partial charge in [-0.2, -0.15) is 0 Å². The molecule has 0 atom stereocenters. The van der Waals surface area contributed by atoms with Crippen molar-refractivity contribution < 1.29 is 4.79 Å². The Bertz CT molecular complexity index is 574. The Balaban J connectivity index is 2.87. The molecule has 5 nitrogen and oxygen atoms in total. The molecule has 1 aromatic carbocycles. The largest absolute Gasteiger partial charge is 0.327 e. The highest BCUT2D eigenvalue weighted by Gasteiger charge is 2.07.